The summed E-state index contributed by atoms with van der Waals surface area (Å²) < 4.78 is 6.36. The predicted octanol–water partition coefficient (Wildman–Crippen LogP) is 2.20. The lowest BCUT2D eigenvalue weighted by molar-refractivity contribution is -0.119. The van der Waals surface area contributed by atoms with E-state index in [-0.39, 0.29) is 6.61 Å². The van der Waals surface area contributed by atoms with Gasteiger partial charge in [0.2, 0.25) is 0 Å². The first-order chi connectivity index (χ1) is 8.63. The minimum atomic E-state index is -0.470. The van der Waals surface area contributed by atoms with E-state index < -0.39 is 5.91 Å². The summed E-state index contributed by atoms with van der Waals surface area (Å²) >= 11 is 3.42. The van der Waals surface area contributed by atoms with Crippen LogP contribution in [0.15, 0.2) is 22.7 Å². The van der Waals surface area contributed by atoms with E-state index in [4.69, 9.17) is 10.5 Å². The largest absolute Gasteiger partial charge is 0.483 e. The molecule has 0 aliphatic rings. The number of primary amides is 1. The third kappa shape index (κ3) is 5.51. The van der Waals surface area contributed by atoms with Crippen LogP contribution in [-0.4, -0.2) is 19.1 Å². The van der Waals surface area contributed by atoms with Gasteiger partial charge in [0.25, 0.3) is 5.91 Å². The lowest BCUT2D eigenvalue weighted by atomic mass is 10.2. The zero-order valence-electron chi connectivity index (χ0n) is 10.5. The summed E-state index contributed by atoms with van der Waals surface area (Å²) in [5.74, 6) is 0.226. The fourth-order valence-corrected chi connectivity index (χ4v) is 1.91. The van der Waals surface area contributed by atoms with Gasteiger partial charge in [-0.1, -0.05) is 29.3 Å². The van der Waals surface area contributed by atoms with Crippen LogP contribution < -0.4 is 15.8 Å². The highest BCUT2D eigenvalue weighted by atomic mass is 79.9. The van der Waals surface area contributed by atoms with E-state index in [1.54, 1.807) is 0 Å². The predicted molar refractivity (Wildman–Crippen MR) is 75.4 cm³/mol. The number of hydrogen-bond donors (Lipinski definition) is 2. The highest BCUT2D eigenvalue weighted by Gasteiger charge is 2.05. The van der Waals surface area contributed by atoms with Crippen molar-refractivity contribution in [1.29, 1.82) is 0 Å². The van der Waals surface area contributed by atoms with Crippen molar-refractivity contribution in [3.05, 3.63) is 28.2 Å². The number of halogens is 1. The molecule has 0 aromatic heterocycles. The molecule has 1 rings (SSSR count). The quantitative estimate of drug-likeness (QED) is 0.723. The number of amides is 1. The van der Waals surface area contributed by atoms with Crippen molar-refractivity contribution in [2.75, 3.05) is 13.2 Å². The normalized spacial score (nSPS) is 10.3. The molecule has 0 aliphatic carbocycles. The number of hydrogen-bond acceptors (Lipinski definition) is 3. The summed E-state index contributed by atoms with van der Waals surface area (Å²) in [5.41, 5.74) is 6.09. The number of nitrogens with two attached hydrogens (primary N) is 1. The Labute approximate surface area is 116 Å². The van der Waals surface area contributed by atoms with E-state index in [0.717, 1.165) is 29.4 Å². The molecule has 0 saturated heterocycles. The lowest BCUT2D eigenvalue weighted by Crippen LogP contribution is -2.21. The molecule has 0 atom stereocenters. The van der Waals surface area contributed by atoms with Gasteiger partial charge in [0.1, 0.15) is 5.75 Å². The first-order valence-electron chi connectivity index (χ1n) is 6.03. The smallest absolute Gasteiger partial charge is 0.255 e. The summed E-state index contributed by atoms with van der Waals surface area (Å²) in [4.78, 5) is 10.7. The molecule has 1 amide bonds. The van der Waals surface area contributed by atoms with Gasteiger partial charge in [-0.15, -0.1) is 0 Å². The second-order valence-corrected chi connectivity index (χ2v) is 4.95. The van der Waals surface area contributed by atoms with Crippen LogP contribution >= 0.6 is 15.9 Å². The van der Waals surface area contributed by atoms with Gasteiger partial charge < -0.3 is 15.8 Å². The van der Waals surface area contributed by atoms with E-state index in [1.807, 2.05) is 18.2 Å². The molecule has 5 heteroatoms. The van der Waals surface area contributed by atoms with E-state index in [0.29, 0.717) is 12.3 Å². The summed E-state index contributed by atoms with van der Waals surface area (Å²) in [7, 11) is 0. The molecule has 0 fully saturated rings. The van der Waals surface area contributed by atoms with Crippen molar-refractivity contribution in [2.24, 2.45) is 5.73 Å². The lowest BCUT2D eigenvalue weighted by Gasteiger charge is -2.11. The molecular formula is C13H19BrN2O2. The molecule has 0 radical (unpaired) electrons. The molecule has 1 aromatic carbocycles. The van der Waals surface area contributed by atoms with Crippen molar-refractivity contribution < 1.29 is 9.53 Å². The highest BCUT2D eigenvalue weighted by molar-refractivity contribution is 9.10. The molecule has 0 spiro atoms. The van der Waals surface area contributed by atoms with E-state index in [1.165, 1.54) is 0 Å². The van der Waals surface area contributed by atoms with Crippen molar-refractivity contribution in [2.45, 2.75) is 26.3 Å². The van der Waals surface area contributed by atoms with Crippen molar-refractivity contribution in [3.63, 3.8) is 0 Å². The Morgan fingerprint density at radius 2 is 2.28 bits per heavy atom. The SMILES string of the molecule is CCCCNCc1cc(Br)ccc1OCC(N)=O. The van der Waals surface area contributed by atoms with Crippen molar-refractivity contribution in [1.82, 2.24) is 5.32 Å². The van der Waals surface area contributed by atoms with E-state index in [2.05, 4.69) is 28.2 Å². The number of unbranched alkanes of at least 4 members (excludes halogenated alkanes) is 1. The monoisotopic (exact) mass is 314 g/mol. The van der Waals surface area contributed by atoms with Gasteiger partial charge in [0.15, 0.2) is 6.61 Å². The van der Waals surface area contributed by atoms with Crippen LogP contribution in [0, 0.1) is 0 Å². The van der Waals surface area contributed by atoms with Crippen LogP contribution in [0.1, 0.15) is 25.3 Å². The first-order valence-corrected chi connectivity index (χ1v) is 6.83. The number of benzene rings is 1. The van der Waals surface area contributed by atoms with E-state index >= 15 is 0 Å². The fourth-order valence-electron chi connectivity index (χ4n) is 1.50. The Hall–Kier alpha value is -1.07. The Morgan fingerprint density at radius 3 is 2.94 bits per heavy atom. The molecule has 0 aliphatic heterocycles. The number of rotatable bonds is 8. The summed E-state index contributed by atoms with van der Waals surface area (Å²) in [5, 5.41) is 3.34. The molecule has 0 unspecified atom stereocenters. The first kappa shape index (κ1) is 15.0. The molecule has 0 heterocycles. The van der Waals surface area contributed by atoms with Crippen LogP contribution in [0.25, 0.3) is 0 Å². The van der Waals surface area contributed by atoms with Crippen LogP contribution in [0.3, 0.4) is 0 Å². The third-order valence-electron chi connectivity index (χ3n) is 2.42. The number of carbonyl (C=O) groups is 1. The number of carbonyl (C=O) groups excluding carboxylic acids is 1. The molecule has 18 heavy (non-hydrogen) atoms. The fraction of sp³-hybridized carbons (Fsp3) is 0.462. The van der Waals surface area contributed by atoms with Crippen LogP contribution in [-0.2, 0) is 11.3 Å². The van der Waals surface area contributed by atoms with Gasteiger partial charge in [-0.2, -0.15) is 0 Å². The summed E-state index contributed by atoms with van der Waals surface area (Å²) in [6.07, 6.45) is 2.31. The highest BCUT2D eigenvalue weighted by Crippen LogP contribution is 2.23. The number of ether oxygens (including phenoxy) is 1. The third-order valence-corrected chi connectivity index (χ3v) is 2.91. The topological polar surface area (TPSA) is 64.3 Å². The van der Waals surface area contributed by atoms with Gasteiger partial charge in [0.05, 0.1) is 0 Å². The zero-order valence-corrected chi connectivity index (χ0v) is 12.1. The average Bonchev–Trinajstić information content (AvgIpc) is 2.33. The molecule has 3 N–H and O–H groups in total. The average molecular weight is 315 g/mol. The maximum atomic E-state index is 10.7. The molecule has 4 nitrogen and oxygen atoms in total. The maximum absolute atomic E-state index is 10.7. The van der Waals surface area contributed by atoms with Gasteiger partial charge >= 0.3 is 0 Å². The molecule has 0 bridgehead atoms. The van der Waals surface area contributed by atoms with Gasteiger partial charge in [-0.3, -0.25) is 4.79 Å². The Kier molecular flexibility index (Phi) is 6.75. The zero-order chi connectivity index (χ0) is 13.4. The Morgan fingerprint density at radius 1 is 1.50 bits per heavy atom. The summed E-state index contributed by atoms with van der Waals surface area (Å²) in [6, 6.07) is 5.70. The Balaban J connectivity index is 2.61. The van der Waals surface area contributed by atoms with E-state index in [9.17, 15) is 4.79 Å². The minimum Gasteiger partial charge on any atom is -0.483 e. The second kappa shape index (κ2) is 8.11. The van der Waals surface area contributed by atoms with Crippen molar-refractivity contribution >= 4 is 21.8 Å². The minimum absolute atomic E-state index is 0.0937. The Bertz CT molecular complexity index is 397. The number of nitrogens with one attached hydrogen (secondary N) is 1. The molecular weight excluding hydrogens is 296 g/mol. The van der Waals surface area contributed by atoms with Crippen LogP contribution in [0.5, 0.6) is 5.75 Å². The van der Waals surface area contributed by atoms with Gasteiger partial charge in [-0.25, -0.2) is 0 Å². The van der Waals surface area contributed by atoms with Crippen LogP contribution in [0.4, 0.5) is 0 Å². The maximum Gasteiger partial charge on any atom is 0.255 e. The van der Waals surface area contributed by atoms with Crippen molar-refractivity contribution in [3.8, 4) is 5.75 Å². The standard InChI is InChI=1S/C13H19BrN2O2/c1-2-3-6-16-8-10-7-11(14)4-5-12(10)18-9-13(15)17/h4-5,7,16H,2-3,6,8-9H2,1H3,(H2,15,17). The van der Waals surface area contributed by atoms with Gasteiger partial charge in [0, 0.05) is 16.6 Å². The molecule has 1 aromatic rings. The van der Waals surface area contributed by atoms with Crippen LogP contribution in [0.2, 0.25) is 0 Å². The molecule has 0 saturated carbocycles. The molecule has 100 valence electrons. The summed E-state index contributed by atoms with van der Waals surface area (Å²) in [6.45, 7) is 3.75. The second-order valence-electron chi connectivity index (χ2n) is 4.04. The van der Waals surface area contributed by atoms with Gasteiger partial charge in [-0.05, 0) is 31.2 Å².